The van der Waals surface area contributed by atoms with Gasteiger partial charge in [-0.05, 0) is 49.6 Å². The molecule has 0 bridgehead atoms. The minimum atomic E-state index is -0.134. The first-order chi connectivity index (χ1) is 13.6. The Bertz CT molecular complexity index is 784. The lowest BCUT2D eigenvalue weighted by atomic mass is 10.1. The molecular formula is C21H30IN5O2. The number of methoxy groups -OCH3 is 1. The molecule has 0 aliphatic carbocycles. The highest BCUT2D eigenvalue weighted by Crippen LogP contribution is 2.19. The van der Waals surface area contributed by atoms with Crippen LogP contribution in [0.3, 0.4) is 0 Å². The van der Waals surface area contributed by atoms with Crippen molar-refractivity contribution in [2.24, 2.45) is 4.99 Å². The van der Waals surface area contributed by atoms with Gasteiger partial charge in [-0.1, -0.05) is 12.1 Å². The van der Waals surface area contributed by atoms with Crippen molar-refractivity contribution < 1.29 is 9.53 Å². The molecule has 0 spiro atoms. The summed E-state index contributed by atoms with van der Waals surface area (Å²) in [5.41, 5.74) is 2.86. The fraction of sp³-hybridized carbons (Fsp3) is 0.381. The molecular weight excluding hydrogens is 481 g/mol. The first kappa shape index (κ1) is 24.7. The summed E-state index contributed by atoms with van der Waals surface area (Å²) < 4.78 is 5.37. The van der Waals surface area contributed by atoms with Crippen molar-refractivity contribution in [1.29, 1.82) is 0 Å². The first-order valence-corrected chi connectivity index (χ1v) is 9.48. The molecule has 0 aliphatic heterocycles. The Morgan fingerprint density at radius 3 is 2.66 bits per heavy atom. The Kier molecular flexibility index (Phi) is 11.7. The van der Waals surface area contributed by atoms with E-state index in [2.05, 4.69) is 44.1 Å². The number of rotatable bonds is 9. The van der Waals surface area contributed by atoms with E-state index in [4.69, 9.17) is 4.74 Å². The molecule has 29 heavy (non-hydrogen) atoms. The lowest BCUT2D eigenvalue weighted by Gasteiger charge is -2.12. The quantitative estimate of drug-likeness (QED) is 0.209. The van der Waals surface area contributed by atoms with Crippen LogP contribution in [0.5, 0.6) is 5.75 Å². The highest BCUT2D eigenvalue weighted by atomic mass is 127. The molecule has 1 aromatic carbocycles. The Hall–Kier alpha value is -2.36. The third-order valence-electron chi connectivity index (χ3n) is 4.11. The van der Waals surface area contributed by atoms with Gasteiger partial charge in [-0.15, -0.1) is 24.0 Å². The van der Waals surface area contributed by atoms with Crippen LogP contribution in [-0.4, -0.2) is 50.1 Å². The zero-order chi connectivity index (χ0) is 20.2. The molecule has 158 valence electrons. The predicted octanol–water partition coefficient (Wildman–Crippen LogP) is 2.54. The Labute approximate surface area is 189 Å². The third kappa shape index (κ3) is 8.68. The number of pyridine rings is 1. The van der Waals surface area contributed by atoms with E-state index in [0.717, 1.165) is 30.2 Å². The SMILES string of the molecule is CCNC(=NCCc1ccc(C)c(OC)c1)NCCNC(=O)c1cccnc1.I. The zero-order valence-corrected chi connectivity index (χ0v) is 19.5. The lowest BCUT2D eigenvalue weighted by Crippen LogP contribution is -2.41. The van der Waals surface area contributed by atoms with E-state index in [9.17, 15) is 4.79 Å². The van der Waals surface area contributed by atoms with Crippen LogP contribution < -0.4 is 20.7 Å². The van der Waals surface area contributed by atoms with Crippen LogP contribution in [0, 0.1) is 6.92 Å². The summed E-state index contributed by atoms with van der Waals surface area (Å²) in [6.07, 6.45) is 4.02. The van der Waals surface area contributed by atoms with E-state index in [1.165, 1.54) is 5.56 Å². The van der Waals surface area contributed by atoms with E-state index < -0.39 is 0 Å². The minimum absolute atomic E-state index is 0. The number of nitrogens with zero attached hydrogens (tertiary/aromatic N) is 2. The summed E-state index contributed by atoms with van der Waals surface area (Å²) in [5, 5.41) is 9.30. The van der Waals surface area contributed by atoms with Crippen molar-refractivity contribution in [3.8, 4) is 5.75 Å². The van der Waals surface area contributed by atoms with Gasteiger partial charge in [0, 0.05) is 38.6 Å². The molecule has 0 atom stereocenters. The van der Waals surface area contributed by atoms with Gasteiger partial charge in [-0.25, -0.2) is 0 Å². The number of halogens is 1. The van der Waals surface area contributed by atoms with Crippen molar-refractivity contribution in [3.05, 3.63) is 59.4 Å². The largest absolute Gasteiger partial charge is 0.496 e. The second kappa shape index (κ2) is 13.8. The highest BCUT2D eigenvalue weighted by molar-refractivity contribution is 14.0. The molecule has 0 fully saturated rings. The average molecular weight is 511 g/mol. The van der Waals surface area contributed by atoms with E-state index in [0.29, 0.717) is 25.2 Å². The molecule has 0 aliphatic rings. The molecule has 1 amide bonds. The molecule has 1 heterocycles. The number of guanidine groups is 1. The Morgan fingerprint density at radius 2 is 1.97 bits per heavy atom. The van der Waals surface area contributed by atoms with Gasteiger partial charge in [0.2, 0.25) is 0 Å². The number of ether oxygens (including phenoxy) is 1. The van der Waals surface area contributed by atoms with Crippen LogP contribution in [-0.2, 0) is 6.42 Å². The van der Waals surface area contributed by atoms with Gasteiger partial charge in [0.25, 0.3) is 5.91 Å². The van der Waals surface area contributed by atoms with Crippen LogP contribution in [0.1, 0.15) is 28.4 Å². The normalized spacial score (nSPS) is 10.7. The van der Waals surface area contributed by atoms with E-state index in [1.807, 2.05) is 13.8 Å². The van der Waals surface area contributed by atoms with Gasteiger partial charge >= 0.3 is 0 Å². The van der Waals surface area contributed by atoms with Gasteiger partial charge in [0.1, 0.15) is 5.75 Å². The van der Waals surface area contributed by atoms with Crippen LogP contribution >= 0.6 is 24.0 Å². The topological polar surface area (TPSA) is 87.6 Å². The van der Waals surface area contributed by atoms with Gasteiger partial charge in [0.05, 0.1) is 12.7 Å². The molecule has 8 heteroatoms. The van der Waals surface area contributed by atoms with Gasteiger partial charge in [-0.2, -0.15) is 0 Å². The van der Waals surface area contributed by atoms with E-state index in [-0.39, 0.29) is 29.9 Å². The highest BCUT2D eigenvalue weighted by Gasteiger charge is 2.04. The number of hydrogen-bond donors (Lipinski definition) is 3. The smallest absolute Gasteiger partial charge is 0.252 e. The average Bonchev–Trinajstić information content (AvgIpc) is 2.72. The number of aromatic nitrogens is 1. The number of amides is 1. The van der Waals surface area contributed by atoms with Gasteiger partial charge < -0.3 is 20.7 Å². The van der Waals surface area contributed by atoms with Crippen molar-refractivity contribution in [3.63, 3.8) is 0 Å². The maximum Gasteiger partial charge on any atom is 0.252 e. The molecule has 0 saturated carbocycles. The van der Waals surface area contributed by atoms with Crippen molar-refractivity contribution in [2.45, 2.75) is 20.3 Å². The minimum Gasteiger partial charge on any atom is -0.496 e. The maximum absolute atomic E-state index is 12.0. The van der Waals surface area contributed by atoms with Crippen molar-refractivity contribution in [2.75, 3.05) is 33.3 Å². The second-order valence-electron chi connectivity index (χ2n) is 6.24. The molecule has 1 aromatic heterocycles. The second-order valence-corrected chi connectivity index (χ2v) is 6.24. The van der Waals surface area contributed by atoms with Crippen LogP contribution in [0.4, 0.5) is 0 Å². The van der Waals surface area contributed by atoms with E-state index in [1.54, 1.807) is 31.6 Å². The molecule has 7 nitrogen and oxygen atoms in total. The third-order valence-corrected chi connectivity index (χ3v) is 4.11. The summed E-state index contributed by atoms with van der Waals surface area (Å²) >= 11 is 0. The van der Waals surface area contributed by atoms with Crippen molar-refractivity contribution >= 4 is 35.8 Å². The summed E-state index contributed by atoms with van der Waals surface area (Å²) in [7, 11) is 1.69. The maximum atomic E-state index is 12.0. The number of carbonyl (C=O) groups excluding carboxylic acids is 1. The molecule has 2 aromatic rings. The number of nitrogens with one attached hydrogen (secondary N) is 3. The summed E-state index contributed by atoms with van der Waals surface area (Å²) in [6.45, 7) is 6.55. The summed E-state index contributed by atoms with van der Waals surface area (Å²) in [5.74, 6) is 1.50. The number of carbonyl (C=O) groups is 1. The fourth-order valence-corrected chi connectivity index (χ4v) is 2.61. The lowest BCUT2D eigenvalue weighted by molar-refractivity contribution is 0.0954. The van der Waals surface area contributed by atoms with Crippen molar-refractivity contribution in [1.82, 2.24) is 20.9 Å². The number of aliphatic imine (C=N–C) groups is 1. The molecule has 0 saturated heterocycles. The standard InChI is InChI=1S/C21H29N5O2.HI/c1-4-23-21(25-11-9-17-8-7-16(2)19(14-17)28-3)26-13-12-24-20(27)18-6-5-10-22-15-18;/h5-8,10,14-15H,4,9,11-13H2,1-3H3,(H,24,27)(H2,23,25,26);1H. The monoisotopic (exact) mass is 511 g/mol. The molecule has 3 N–H and O–H groups in total. The number of hydrogen-bond acceptors (Lipinski definition) is 4. The summed E-state index contributed by atoms with van der Waals surface area (Å²) in [4.78, 5) is 20.5. The van der Waals surface area contributed by atoms with Crippen LogP contribution in [0.15, 0.2) is 47.7 Å². The van der Waals surface area contributed by atoms with Gasteiger partial charge in [-0.3, -0.25) is 14.8 Å². The summed E-state index contributed by atoms with van der Waals surface area (Å²) in [6, 6.07) is 9.70. The van der Waals surface area contributed by atoms with Crippen LogP contribution in [0.25, 0.3) is 0 Å². The predicted molar refractivity (Wildman–Crippen MR) is 127 cm³/mol. The fourth-order valence-electron chi connectivity index (χ4n) is 2.61. The van der Waals surface area contributed by atoms with Crippen LogP contribution in [0.2, 0.25) is 0 Å². The van der Waals surface area contributed by atoms with E-state index >= 15 is 0 Å². The Balaban J connectivity index is 0.00000420. The molecule has 0 unspecified atom stereocenters. The zero-order valence-electron chi connectivity index (χ0n) is 17.2. The van der Waals surface area contributed by atoms with Gasteiger partial charge in [0.15, 0.2) is 5.96 Å². The number of benzene rings is 1. The first-order valence-electron chi connectivity index (χ1n) is 9.48. The Morgan fingerprint density at radius 1 is 1.17 bits per heavy atom. The molecule has 2 rings (SSSR count). The molecule has 0 radical (unpaired) electrons. The number of aryl methyl sites for hydroxylation is 1.